The number of nitrogen functional groups attached to an aromatic ring is 1. The molecule has 0 saturated carbocycles. The molecule has 3 N–H and O–H groups in total. The Labute approximate surface area is 127 Å². The molecule has 0 aliphatic carbocycles. The molecule has 0 atom stereocenters. The zero-order valence-corrected chi connectivity index (χ0v) is 12.7. The fourth-order valence-electron chi connectivity index (χ4n) is 1.86. The Hall–Kier alpha value is -2.21. The lowest BCUT2D eigenvalue weighted by molar-refractivity contribution is 0.0602. The minimum absolute atomic E-state index is 0.266. The van der Waals surface area contributed by atoms with Gasteiger partial charge in [0.15, 0.2) is 0 Å². The van der Waals surface area contributed by atoms with Gasteiger partial charge in [-0.15, -0.1) is 0 Å². The lowest BCUT2D eigenvalue weighted by Crippen LogP contribution is -2.10. The first-order chi connectivity index (χ1) is 9.92. The van der Waals surface area contributed by atoms with E-state index in [9.17, 15) is 4.79 Å². The number of methoxy groups -OCH3 is 1. The molecule has 0 bridgehead atoms. The number of nitrogens with two attached hydrogens (primary N) is 1. The first-order valence-corrected chi connectivity index (χ1v) is 6.64. The second-order valence-corrected chi connectivity index (χ2v) is 4.93. The maximum Gasteiger partial charge on any atom is 0.340 e. The van der Waals surface area contributed by atoms with E-state index in [4.69, 9.17) is 26.5 Å². The summed E-state index contributed by atoms with van der Waals surface area (Å²) in [6, 6.07) is 3.06. The number of nitrogens with zero attached hydrogens (tertiary/aromatic N) is 1. The first-order valence-electron chi connectivity index (χ1n) is 6.26. The van der Waals surface area contributed by atoms with Crippen LogP contribution in [0.5, 0.6) is 0 Å². The molecular formula is C14H16ClN3O3. The van der Waals surface area contributed by atoms with Crippen molar-refractivity contribution in [2.45, 2.75) is 20.4 Å². The fourth-order valence-corrected chi connectivity index (χ4v) is 2.15. The monoisotopic (exact) mass is 309 g/mol. The Morgan fingerprint density at radius 2 is 2.19 bits per heavy atom. The van der Waals surface area contributed by atoms with E-state index in [0.29, 0.717) is 28.8 Å². The number of nitrogens with one attached hydrogen (secondary N) is 1. The van der Waals surface area contributed by atoms with Gasteiger partial charge in [-0.1, -0.05) is 11.6 Å². The van der Waals surface area contributed by atoms with Gasteiger partial charge in [0.1, 0.15) is 5.76 Å². The van der Waals surface area contributed by atoms with Crippen molar-refractivity contribution in [3.63, 3.8) is 0 Å². The van der Waals surface area contributed by atoms with Crippen LogP contribution >= 0.6 is 11.6 Å². The van der Waals surface area contributed by atoms with E-state index >= 15 is 0 Å². The maximum atomic E-state index is 11.8. The SMILES string of the molecule is COC(=O)c1cc(N)cc(Cl)c1NCc1nc(C)c(C)o1. The van der Waals surface area contributed by atoms with Gasteiger partial charge < -0.3 is 20.2 Å². The number of halogens is 1. The van der Waals surface area contributed by atoms with Crippen LogP contribution in [0.2, 0.25) is 5.02 Å². The summed E-state index contributed by atoms with van der Waals surface area (Å²) in [5, 5.41) is 3.37. The van der Waals surface area contributed by atoms with Crippen LogP contribution in [0.25, 0.3) is 0 Å². The largest absolute Gasteiger partial charge is 0.465 e. The summed E-state index contributed by atoms with van der Waals surface area (Å²) < 4.78 is 10.2. The Balaban J connectivity index is 2.28. The number of carbonyl (C=O) groups excluding carboxylic acids is 1. The minimum Gasteiger partial charge on any atom is -0.465 e. The molecule has 2 rings (SSSR count). The molecular weight excluding hydrogens is 294 g/mol. The van der Waals surface area contributed by atoms with E-state index < -0.39 is 5.97 Å². The van der Waals surface area contributed by atoms with Gasteiger partial charge in [-0.05, 0) is 26.0 Å². The molecule has 0 saturated heterocycles. The molecule has 0 amide bonds. The Kier molecular flexibility index (Phi) is 4.37. The van der Waals surface area contributed by atoms with E-state index in [2.05, 4.69) is 10.3 Å². The van der Waals surface area contributed by atoms with Crippen LogP contribution in [0.4, 0.5) is 11.4 Å². The minimum atomic E-state index is -0.522. The van der Waals surface area contributed by atoms with Crippen molar-refractivity contribution in [1.82, 2.24) is 4.98 Å². The highest BCUT2D eigenvalue weighted by molar-refractivity contribution is 6.34. The number of carbonyl (C=O) groups is 1. The quantitative estimate of drug-likeness (QED) is 0.666. The summed E-state index contributed by atoms with van der Waals surface area (Å²) in [6.45, 7) is 3.99. The molecule has 6 nitrogen and oxygen atoms in total. The van der Waals surface area contributed by atoms with Gasteiger partial charge in [0, 0.05) is 5.69 Å². The van der Waals surface area contributed by atoms with Crippen molar-refractivity contribution < 1.29 is 13.9 Å². The number of ether oxygens (including phenoxy) is 1. The van der Waals surface area contributed by atoms with Crippen molar-refractivity contribution >= 4 is 28.9 Å². The lowest BCUT2D eigenvalue weighted by atomic mass is 10.1. The highest BCUT2D eigenvalue weighted by Crippen LogP contribution is 2.30. The molecule has 0 aliphatic heterocycles. The molecule has 1 aromatic heterocycles. The van der Waals surface area contributed by atoms with Gasteiger partial charge in [-0.2, -0.15) is 0 Å². The highest BCUT2D eigenvalue weighted by Gasteiger charge is 2.17. The van der Waals surface area contributed by atoms with Gasteiger partial charge in [-0.3, -0.25) is 0 Å². The smallest absolute Gasteiger partial charge is 0.340 e. The van der Waals surface area contributed by atoms with E-state index in [1.165, 1.54) is 13.2 Å². The number of oxazole rings is 1. The average Bonchev–Trinajstić information content (AvgIpc) is 2.75. The topological polar surface area (TPSA) is 90.4 Å². The number of rotatable bonds is 4. The van der Waals surface area contributed by atoms with Gasteiger partial charge in [0.05, 0.1) is 35.6 Å². The Morgan fingerprint density at radius 1 is 1.48 bits per heavy atom. The van der Waals surface area contributed by atoms with E-state index in [1.54, 1.807) is 6.07 Å². The third-order valence-corrected chi connectivity index (χ3v) is 3.31. The molecule has 0 fully saturated rings. The summed E-state index contributed by atoms with van der Waals surface area (Å²) in [6.07, 6.45) is 0. The van der Waals surface area contributed by atoms with E-state index in [0.717, 1.165) is 11.5 Å². The van der Waals surface area contributed by atoms with E-state index in [-0.39, 0.29) is 5.56 Å². The molecule has 0 unspecified atom stereocenters. The number of aromatic nitrogens is 1. The van der Waals surface area contributed by atoms with Crippen molar-refractivity contribution in [3.05, 3.63) is 40.1 Å². The number of aryl methyl sites for hydroxylation is 2. The van der Waals surface area contributed by atoms with Crippen LogP contribution < -0.4 is 11.1 Å². The highest BCUT2D eigenvalue weighted by atomic mass is 35.5. The van der Waals surface area contributed by atoms with Crippen LogP contribution in [0, 0.1) is 13.8 Å². The normalized spacial score (nSPS) is 10.5. The first kappa shape index (κ1) is 15.2. The standard InChI is InChI=1S/C14H16ClN3O3/c1-7-8(2)21-12(18-7)6-17-13-10(14(19)20-3)4-9(16)5-11(13)15/h4-5,17H,6,16H2,1-3H3. The Bertz CT molecular complexity index is 663. The summed E-state index contributed by atoms with van der Waals surface area (Å²) in [4.78, 5) is 16.0. The van der Waals surface area contributed by atoms with Gasteiger partial charge >= 0.3 is 5.97 Å². The zero-order chi connectivity index (χ0) is 15.6. The molecule has 0 spiro atoms. The summed E-state index contributed by atoms with van der Waals surface area (Å²) in [7, 11) is 1.30. The number of anilines is 2. The van der Waals surface area contributed by atoms with Crippen molar-refractivity contribution in [2.75, 3.05) is 18.2 Å². The molecule has 112 valence electrons. The Morgan fingerprint density at radius 3 is 2.76 bits per heavy atom. The number of benzene rings is 1. The van der Waals surface area contributed by atoms with Crippen molar-refractivity contribution in [2.24, 2.45) is 0 Å². The fraction of sp³-hybridized carbons (Fsp3) is 0.286. The van der Waals surface area contributed by atoms with Crippen LogP contribution in [0.15, 0.2) is 16.5 Å². The van der Waals surface area contributed by atoms with Gasteiger partial charge in [-0.25, -0.2) is 9.78 Å². The predicted octanol–water partition coefficient (Wildman–Crippen LogP) is 2.93. The summed E-state index contributed by atoms with van der Waals surface area (Å²) >= 11 is 6.14. The molecule has 0 radical (unpaired) electrons. The van der Waals surface area contributed by atoms with Crippen LogP contribution in [-0.2, 0) is 11.3 Å². The predicted molar refractivity (Wildman–Crippen MR) is 80.5 cm³/mol. The second-order valence-electron chi connectivity index (χ2n) is 4.52. The molecule has 0 aliphatic rings. The van der Waals surface area contributed by atoms with Crippen molar-refractivity contribution in [3.8, 4) is 0 Å². The molecule has 1 aromatic carbocycles. The third kappa shape index (κ3) is 3.28. The zero-order valence-electron chi connectivity index (χ0n) is 12.0. The number of hydrogen-bond acceptors (Lipinski definition) is 6. The molecule has 21 heavy (non-hydrogen) atoms. The molecule has 1 heterocycles. The summed E-state index contributed by atoms with van der Waals surface area (Å²) in [5.74, 6) is 0.739. The lowest BCUT2D eigenvalue weighted by Gasteiger charge is -2.12. The summed E-state index contributed by atoms with van der Waals surface area (Å²) in [5.41, 5.74) is 7.61. The molecule has 7 heteroatoms. The second kappa shape index (κ2) is 6.05. The average molecular weight is 310 g/mol. The van der Waals surface area contributed by atoms with Gasteiger partial charge in [0.2, 0.25) is 5.89 Å². The van der Waals surface area contributed by atoms with Crippen LogP contribution in [0.3, 0.4) is 0 Å². The van der Waals surface area contributed by atoms with Crippen LogP contribution in [-0.4, -0.2) is 18.1 Å². The van der Waals surface area contributed by atoms with Crippen molar-refractivity contribution in [1.29, 1.82) is 0 Å². The van der Waals surface area contributed by atoms with E-state index in [1.807, 2.05) is 13.8 Å². The van der Waals surface area contributed by atoms with Crippen LogP contribution in [0.1, 0.15) is 27.7 Å². The van der Waals surface area contributed by atoms with Gasteiger partial charge in [0.25, 0.3) is 0 Å². The number of esters is 1. The maximum absolute atomic E-state index is 11.8. The molecule has 2 aromatic rings. The third-order valence-electron chi connectivity index (χ3n) is 3.01. The number of hydrogen-bond donors (Lipinski definition) is 2.